The zero-order valence-corrected chi connectivity index (χ0v) is 7.40. The highest BCUT2D eigenvalue weighted by atomic mass is 16.1. The van der Waals surface area contributed by atoms with E-state index in [9.17, 15) is 4.79 Å². The van der Waals surface area contributed by atoms with Crippen LogP contribution in [0.4, 0.5) is 0 Å². The van der Waals surface area contributed by atoms with E-state index in [1.54, 1.807) is 0 Å². The van der Waals surface area contributed by atoms with Crippen LogP contribution in [0.1, 0.15) is 13.3 Å². The Kier molecular flexibility index (Phi) is 2.81. The van der Waals surface area contributed by atoms with Crippen LogP contribution in [0, 0.1) is 0 Å². The minimum atomic E-state index is 0.227. The molecule has 5 heteroatoms. The third-order valence-corrected chi connectivity index (χ3v) is 1.65. The van der Waals surface area contributed by atoms with Crippen molar-refractivity contribution in [2.24, 2.45) is 16.6 Å². The number of hydrogen-bond donors (Lipinski definition) is 2. The van der Waals surface area contributed by atoms with E-state index in [0.717, 1.165) is 6.42 Å². The SMILES string of the molecule is CC/C=C1/N=CC(C=O)=C(N)N1N. The van der Waals surface area contributed by atoms with E-state index in [-0.39, 0.29) is 5.82 Å². The summed E-state index contributed by atoms with van der Waals surface area (Å²) in [5.74, 6) is 6.37. The maximum absolute atomic E-state index is 10.4. The van der Waals surface area contributed by atoms with Gasteiger partial charge in [-0.05, 0) is 12.5 Å². The smallest absolute Gasteiger partial charge is 0.155 e. The predicted molar refractivity (Wildman–Crippen MR) is 50.2 cm³/mol. The summed E-state index contributed by atoms with van der Waals surface area (Å²) in [7, 11) is 0. The topological polar surface area (TPSA) is 84.7 Å². The van der Waals surface area contributed by atoms with Crippen LogP contribution in [-0.2, 0) is 4.79 Å². The van der Waals surface area contributed by atoms with Crippen molar-refractivity contribution in [1.29, 1.82) is 0 Å². The molecule has 0 saturated heterocycles. The van der Waals surface area contributed by atoms with Gasteiger partial charge in [0.2, 0.25) is 0 Å². The van der Waals surface area contributed by atoms with Gasteiger partial charge in [0.15, 0.2) is 6.29 Å². The maximum Gasteiger partial charge on any atom is 0.155 e. The van der Waals surface area contributed by atoms with Crippen LogP contribution < -0.4 is 11.6 Å². The van der Waals surface area contributed by atoms with Crippen molar-refractivity contribution in [2.75, 3.05) is 0 Å². The first-order valence-electron chi connectivity index (χ1n) is 3.94. The highest BCUT2D eigenvalue weighted by Crippen LogP contribution is 2.13. The van der Waals surface area contributed by atoms with Gasteiger partial charge < -0.3 is 5.73 Å². The average molecular weight is 180 g/mol. The second kappa shape index (κ2) is 3.86. The highest BCUT2D eigenvalue weighted by Gasteiger charge is 2.14. The number of aldehydes is 1. The Morgan fingerprint density at radius 2 is 2.38 bits per heavy atom. The molecule has 0 atom stereocenters. The number of allylic oxidation sites excluding steroid dienone is 2. The van der Waals surface area contributed by atoms with Crippen molar-refractivity contribution < 1.29 is 4.79 Å². The number of rotatable bonds is 2. The minimum Gasteiger partial charge on any atom is -0.383 e. The predicted octanol–water partition coefficient (Wildman–Crippen LogP) is -0.133. The normalized spacial score (nSPS) is 19.8. The van der Waals surface area contributed by atoms with Gasteiger partial charge in [0.25, 0.3) is 0 Å². The quantitative estimate of drug-likeness (QED) is 0.458. The summed E-state index contributed by atoms with van der Waals surface area (Å²) >= 11 is 0. The van der Waals surface area contributed by atoms with Gasteiger partial charge in [-0.15, -0.1) is 0 Å². The Bertz CT molecular complexity index is 303. The first-order chi connectivity index (χ1) is 6.20. The van der Waals surface area contributed by atoms with E-state index in [1.165, 1.54) is 11.2 Å². The van der Waals surface area contributed by atoms with Gasteiger partial charge in [-0.2, -0.15) is 0 Å². The van der Waals surface area contributed by atoms with E-state index >= 15 is 0 Å². The molecule has 5 nitrogen and oxygen atoms in total. The summed E-state index contributed by atoms with van der Waals surface area (Å²) in [6.07, 6.45) is 4.67. The first-order valence-corrected chi connectivity index (χ1v) is 3.94. The summed E-state index contributed by atoms with van der Waals surface area (Å²) < 4.78 is 0. The van der Waals surface area contributed by atoms with Gasteiger partial charge in [0.1, 0.15) is 11.6 Å². The summed E-state index contributed by atoms with van der Waals surface area (Å²) in [5.41, 5.74) is 5.87. The lowest BCUT2D eigenvalue weighted by Crippen LogP contribution is -2.36. The molecule has 0 saturated carbocycles. The molecule has 0 unspecified atom stereocenters. The molecule has 0 aromatic carbocycles. The van der Waals surface area contributed by atoms with Crippen molar-refractivity contribution in [2.45, 2.75) is 13.3 Å². The summed E-state index contributed by atoms with van der Waals surface area (Å²) in [4.78, 5) is 14.4. The van der Waals surface area contributed by atoms with Gasteiger partial charge in [0.05, 0.1) is 5.57 Å². The summed E-state index contributed by atoms with van der Waals surface area (Å²) in [5, 5.41) is 1.20. The van der Waals surface area contributed by atoms with Crippen LogP contribution in [0.3, 0.4) is 0 Å². The lowest BCUT2D eigenvalue weighted by Gasteiger charge is -2.22. The Hall–Kier alpha value is -1.62. The van der Waals surface area contributed by atoms with Crippen LogP contribution >= 0.6 is 0 Å². The number of hydrogen-bond acceptors (Lipinski definition) is 5. The fraction of sp³-hybridized carbons (Fsp3) is 0.250. The molecule has 13 heavy (non-hydrogen) atoms. The van der Waals surface area contributed by atoms with Crippen molar-refractivity contribution in [3.8, 4) is 0 Å². The van der Waals surface area contributed by atoms with Crippen molar-refractivity contribution in [3.05, 3.63) is 23.3 Å². The second-order valence-electron chi connectivity index (χ2n) is 2.56. The third-order valence-electron chi connectivity index (χ3n) is 1.65. The Balaban J connectivity index is 2.99. The molecule has 0 radical (unpaired) electrons. The van der Waals surface area contributed by atoms with Crippen LogP contribution in [-0.4, -0.2) is 17.5 Å². The summed E-state index contributed by atoms with van der Waals surface area (Å²) in [6, 6.07) is 0. The molecule has 0 aliphatic carbocycles. The van der Waals surface area contributed by atoms with Crippen LogP contribution in [0.5, 0.6) is 0 Å². The van der Waals surface area contributed by atoms with Crippen molar-refractivity contribution in [1.82, 2.24) is 5.01 Å². The Labute approximate surface area is 76.4 Å². The summed E-state index contributed by atoms with van der Waals surface area (Å²) in [6.45, 7) is 1.96. The molecule has 4 N–H and O–H groups in total. The molecule has 0 amide bonds. The van der Waals surface area contributed by atoms with Crippen molar-refractivity contribution >= 4 is 12.5 Å². The number of nitrogens with zero attached hydrogens (tertiary/aromatic N) is 2. The van der Waals surface area contributed by atoms with Crippen LogP contribution in [0.15, 0.2) is 28.3 Å². The highest BCUT2D eigenvalue weighted by molar-refractivity contribution is 6.03. The lowest BCUT2D eigenvalue weighted by molar-refractivity contribution is -0.104. The molecule has 1 aliphatic heterocycles. The van der Waals surface area contributed by atoms with Crippen LogP contribution in [0.2, 0.25) is 0 Å². The maximum atomic E-state index is 10.4. The molecule has 0 spiro atoms. The van der Waals surface area contributed by atoms with E-state index in [2.05, 4.69) is 4.99 Å². The fourth-order valence-electron chi connectivity index (χ4n) is 0.951. The molecule has 1 heterocycles. The van der Waals surface area contributed by atoms with E-state index in [4.69, 9.17) is 11.6 Å². The van der Waals surface area contributed by atoms with Crippen LogP contribution in [0.25, 0.3) is 0 Å². The Morgan fingerprint density at radius 3 is 2.92 bits per heavy atom. The standard InChI is InChI=1S/C8H12N4O/c1-2-3-7-11-4-6(5-13)8(9)12(7)10/h3-5H,2,9-10H2,1H3/b7-3-. The van der Waals surface area contributed by atoms with Gasteiger partial charge in [0, 0.05) is 6.21 Å². The van der Waals surface area contributed by atoms with Gasteiger partial charge in [-0.25, -0.2) is 15.8 Å². The molecule has 1 aliphatic rings. The molecule has 0 fully saturated rings. The Morgan fingerprint density at radius 1 is 1.69 bits per heavy atom. The fourth-order valence-corrected chi connectivity index (χ4v) is 0.951. The van der Waals surface area contributed by atoms with E-state index in [0.29, 0.717) is 17.7 Å². The average Bonchev–Trinajstić information content (AvgIpc) is 2.14. The molecule has 0 aromatic rings. The van der Waals surface area contributed by atoms with E-state index in [1.807, 2.05) is 13.0 Å². The lowest BCUT2D eigenvalue weighted by atomic mass is 10.3. The molecule has 1 rings (SSSR count). The zero-order valence-electron chi connectivity index (χ0n) is 7.40. The van der Waals surface area contributed by atoms with Gasteiger partial charge in [-0.3, -0.25) is 4.79 Å². The van der Waals surface area contributed by atoms with Gasteiger partial charge >= 0.3 is 0 Å². The number of hydrazine groups is 1. The molecular formula is C8H12N4O. The molecule has 70 valence electrons. The number of nitrogens with two attached hydrogens (primary N) is 2. The number of carbonyl (C=O) groups is 1. The second-order valence-corrected chi connectivity index (χ2v) is 2.56. The first kappa shape index (κ1) is 9.47. The monoisotopic (exact) mass is 180 g/mol. The largest absolute Gasteiger partial charge is 0.383 e. The number of aliphatic imine (C=N–C) groups is 1. The van der Waals surface area contributed by atoms with Crippen molar-refractivity contribution in [3.63, 3.8) is 0 Å². The molecular weight excluding hydrogens is 168 g/mol. The molecule has 0 aromatic heterocycles. The van der Waals surface area contributed by atoms with E-state index < -0.39 is 0 Å². The third kappa shape index (κ3) is 1.75. The number of carbonyl (C=O) groups excluding carboxylic acids is 1. The minimum absolute atomic E-state index is 0.227. The molecule has 0 bridgehead atoms. The zero-order chi connectivity index (χ0) is 9.84. The van der Waals surface area contributed by atoms with Gasteiger partial charge in [-0.1, -0.05) is 6.92 Å².